The Labute approximate surface area is 162 Å². The molecular formula is C25H18ClN. The summed E-state index contributed by atoms with van der Waals surface area (Å²) in [4.78, 5) is 3.62. The molecule has 4 aromatic carbocycles. The highest BCUT2D eigenvalue weighted by molar-refractivity contribution is 6.38. The predicted octanol–water partition coefficient (Wildman–Crippen LogP) is 7.43. The molecule has 0 radical (unpaired) electrons. The van der Waals surface area contributed by atoms with Crippen molar-refractivity contribution in [2.75, 3.05) is 0 Å². The van der Waals surface area contributed by atoms with Crippen LogP contribution >= 0.6 is 11.6 Å². The normalized spacial score (nSPS) is 14.8. The van der Waals surface area contributed by atoms with Crippen LogP contribution in [0.3, 0.4) is 0 Å². The summed E-state index contributed by atoms with van der Waals surface area (Å²) in [6, 6.07) is 24.0. The highest BCUT2D eigenvalue weighted by Crippen LogP contribution is 2.50. The Bertz CT molecular complexity index is 1400. The Morgan fingerprint density at radius 3 is 2.30 bits per heavy atom. The molecule has 0 fully saturated rings. The number of H-pyrrole nitrogens is 1. The number of aromatic nitrogens is 1. The summed E-state index contributed by atoms with van der Waals surface area (Å²) in [6.45, 7) is 4.64. The van der Waals surface area contributed by atoms with Gasteiger partial charge in [0.05, 0.1) is 5.02 Å². The molecule has 6 rings (SSSR count). The van der Waals surface area contributed by atoms with Gasteiger partial charge in [0, 0.05) is 32.6 Å². The molecular weight excluding hydrogens is 350 g/mol. The van der Waals surface area contributed by atoms with Gasteiger partial charge in [0.25, 0.3) is 0 Å². The van der Waals surface area contributed by atoms with Gasteiger partial charge >= 0.3 is 0 Å². The number of hydrogen-bond acceptors (Lipinski definition) is 0. The second-order valence-electron chi connectivity index (χ2n) is 8.07. The summed E-state index contributed by atoms with van der Waals surface area (Å²) in [7, 11) is 0. The molecule has 0 spiro atoms. The van der Waals surface area contributed by atoms with Crippen LogP contribution in [0.2, 0.25) is 5.02 Å². The lowest BCUT2D eigenvalue weighted by Crippen LogP contribution is -2.14. The van der Waals surface area contributed by atoms with Gasteiger partial charge in [0.1, 0.15) is 0 Å². The fourth-order valence-electron chi connectivity index (χ4n) is 4.92. The molecule has 1 N–H and O–H groups in total. The van der Waals surface area contributed by atoms with E-state index in [1.807, 2.05) is 6.07 Å². The second kappa shape index (κ2) is 4.94. The molecule has 1 nitrogen and oxygen atoms in total. The first-order valence-corrected chi connectivity index (χ1v) is 9.70. The van der Waals surface area contributed by atoms with E-state index in [-0.39, 0.29) is 5.41 Å². The lowest BCUT2D eigenvalue weighted by molar-refractivity contribution is 0.661. The maximum absolute atomic E-state index is 6.56. The molecule has 1 aliphatic carbocycles. The lowest BCUT2D eigenvalue weighted by Gasteiger charge is -2.21. The van der Waals surface area contributed by atoms with E-state index in [1.54, 1.807) is 0 Å². The second-order valence-corrected chi connectivity index (χ2v) is 8.47. The van der Waals surface area contributed by atoms with Gasteiger partial charge in [-0.2, -0.15) is 0 Å². The minimum Gasteiger partial charge on any atom is -0.354 e. The first-order chi connectivity index (χ1) is 13.1. The fraction of sp³-hybridized carbons (Fsp3) is 0.120. The molecule has 0 unspecified atom stereocenters. The van der Waals surface area contributed by atoms with Crippen LogP contribution in [0.1, 0.15) is 25.0 Å². The van der Waals surface area contributed by atoms with Crippen LogP contribution in [-0.4, -0.2) is 4.98 Å². The standard InChI is InChI=1S/C25H18ClN/c1-25(2)19-10-6-5-7-14(19)17-11-18-22(12-20(17)25)27-23-13-21(26)15-8-3-4-9-16(15)24(18)23/h3-13,27H,1-2H3. The first kappa shape index (κ1) is 15.3. The van der Waals surface area contributed by atoms with Crippen LogP contribution in [-0.2, 0) is 5.41 Å². The van der Waals surface area contributed by atoms with Crippen molar-refractivity contribution in [2.24, 2.45) is 0 Å². The smallest absolute Gasteiger partial charge is 0.0505 e. The fourth-order valence-corrected chi connectivity index (χ4v) is 5.20. The third-order valence-electron chi connectivity index (χ3n) is 6.25. The monoisotopic (exact) mass is 367 g/mol. The number of aromatic amines is 1. The molecule has 1 aromatic heterocycles. The van der Waals surface area contributed by atoms with Crippen LogP contribution in [0.4, 0.5) is 0 Å². The van der Waals surface area contributed by atoms with E-state index in [4.69, 9.17) is 11.6 Å². The minimum absolute atomic E-state index is 0.0110. The van der Waals surface area contributed by atoms with Gasteiger partial charge < -0.3 is 4.98 Å². The van der Waals surface area contributed by atoms with E-state index in [0.717, 1.165) is 15.9 Å². The molecule has 5 aromatic rings. The van der Waals surface area contributed by atoms with E-state index in [2.05, 4.69) is 79.5 Å². The largest absolute Gasteiger partial charge is 0.354 e. The zero-order valence-corrected chi connectivity index (χ0v) is 16.0. The number of benzene rings is 4. The van der Waals surface area contributed by atoms with Crippen molar-refractivity contribution in [1.29, 1.82) is 0 Å². The SMILES string of the molecule is CC1(C)c2ccccc2-c2cc3c(cc21)[nH]c1cc(Cl)c2ccccc2c13. The average molecular weight is 368 g/mol. The number of fused-ring (bicyclic) bond motifs is 8. The van der Waals surface area contributed by atoms with E-state index in [0.29, 0.717) is 0 Å². The molecule has 0 saturated carbocycles. The molecule has 1 aliphatic rings. The van der Waals surface area contributed by atoms with Gasteiger partial charge in [-0.05, 0) is 45.8 Å². The van der Waals surface area contributed by atoms with Crippen molar-refractivity contribution in [2.45, 2.75) is 19.3 Å². The van der Waals surface area contributed by atoms with Gasteiger partial charge in [-0.3, -0.25) is 0 Å². The van der Waals surface area contributed by atoms with Crippen molar-refractivity contribution in [1.82, 2.24) is 4.98 Å². The highest BCUT2D eigenvalue weighted by Gasteiger charge is 2.35. The van der Waals surface area contributed by atoms with Crippen molar-refractivity contribution in [3.8, 4) is 11.1 Å². The Hall–Kier alpha value is -2.77. The van der Waals surface area contributed by atoms with Crippen LogP contribution in [0.15, 0.2) is 66.7 Å². The Morgan fingerprint density at radius 2 is 1.44 bits per heavy atom. The van der Waals surface area contributed by atoms with Gasteiger partial charge in [-0.1, -0.05) is 74.0 Å². The van der Waals surface area contributed by atoms with Gasteiger partial charge in [-0.15, -0.1) is 0 Å². The molecule has 0 aliphatic heterocycles. The molecule has 1 heterocycles. The quantitative estimate of drug-likeness (QED) is 0.293. The Kier molecular flexibility index (Phi) is 2.80. The first-order valence-electron chi connectivity index (χ1n) is 9.33. The van der Waals surface area contributed by atoms with Crippen molar-refractivity contribution < 1.29 is 0 Å². The summed E-state index contributed by atoms with van der Waals surface area (Å²) in [5, 5.41) is 5.63. The Balaban J connectivity index is 1.81. The van der Waals surface area contributed by atoms with E-state index in [1.165, 1.54) is 43.9 Å². The van der Waals surface area contributed by atoms with Crippen molar-refractivity contribution >= 4 is 44.2 Å². The predicted molar refractivity (Wildman–Crippen MR) is 116 cm³/mol. The van der Waals surface area contributed by atoms with Crippen molar-refractivity contribution in [3.05, 3.63) is 82.9 Å². The molecule has 0 atom stereocenters. The molecule has 0 bridgehead atoms. The van der Waals surface area contributed by atoms with Crippen LogP contribution < -0.4 is 0 Å². The molecule has 0 saturated heterocycles. The molecule has 2 heteroatoms. The average Bonchev–Trinajstić information content (AvgIpc) is 3.14. The summed E-state index contributed by atoms with van der Waals surface area (Å²) in [6.07, 6.45) is 0. The summed E-state index contributed by atoms with van der Waals surface area (Å²) >= 11 is 6.56. The Morgan fingerprint density at radius 1 is 0.704 bits per heavy atom. The summed E-state index contributed by atoms with van der Waals surface area (Å²) in [5.74, 6) is 0. The third kappa shape index (κ3) is 1.85. The van der Waals surface area contributed by atoms with E-state index in [9.17, 15) is 0 Å². The number of nitrogens with one attached hydrogen (secondary N) is 1. The molecule has 0 amide bonds. The number of hydrogen-bond donors (Lipinski definition) is 1. The summed E-state index contributed by atoms with van der Waals surface area (Å²) in [5.41, 5.74) is 7.79. The molecule has 27 heavy (non-hydrogen) atoms. The number of halogens is 1. The van der Waals surface area contributed by atoms with Crippen LogP contribution in [0, 0.1) is 0 Å². The van der Waals surface area contributed by atoms with Gasteiger partial charge in [0.2, 0.25) is 0 Å². The summed E-state index contributed by atoms with van der Waals surface area (Å²) < 4.78 is 0. The number of rotatable bonds is 0. The zero-order chi connectivity index (χ0) is 18.3. The topological polar surface area (TPSA) is 15.8 Å². The van der Waals surface area contributed by atoms with Crippen LogP contribution in [0.25, 0.3) is 43.7 Å². The lowest BCUT2D eigenvalue weighted by atomic mass is 9.82. The van der Waals surface area contributed by atoms with E-state index < -0.39 is 0 Å². The zero-order valence-electron chi connectivity index (χ0n) is 15.2. The maximum atomic E-state index is 6.56. The maximum Gasteiger partial charge on any atom is 0.0505 e. The van der Waals surface area contributed by atoms with Crippen LogP contribution in [0.5, 0.6) is 0 Å². The third-order valence-corrected chi connectivity index (χ3v) is 6.57. The van der Waals surface area contributed by atoms with Gasteiger partial charge in [0.15, 0.2) is 0 Å². The van der Waals surface area contributed by atoms with Crippen molar-refractivity contribution in [3.63, 3.8) is 0 Å². The molecule has 130 valence electrons. The highest BCUT2D eigenvalue weighted by atomic mass is 35.5. The van der Waals surface area contributed by atoms with Gasteiger partial charge in [-0.25, -0.2) is 0 Å². The minimum atomic E-state index is 0.0110. The van der Waals surface area contributed by atoms with E-state index >= 15 is 0 Å².